The Labute approximate surface area is 90.2 Å². The summed E-state index contributed by atoms with van der Waals surface area (Å²) in [6.07, 6.45) is 3.47. The quantitative estimate of drug-likeness (QED) is 0.562. The maximum Gasteiger partial charge on any atom is 0.326 e. The van der Waals surface area contributed by atoms with Gasteiger partial charge in [0, 0.05) is 6.54 Å². The molecule has 0 aromatic carbocycles. The van der Waals surface area contributed by atoms with Crippen LogP contribution in [0.25, 0.3) is 0 Å². The summed E-state index contributed by atoms with van der Waals surface area (Å²) in [5.74, 6) is -0.999. The van der Waals surface area contributed by atoms with Gasteiger partial charge < -0.3 is 15.7 Å². The third-order valence-corrected chi connectivity index (χ3v) is 2.08. The maximum absolute atomic E-state index is 11.2. The first-order valence-corrected chi connectivity index (χ1v) is 5.39. The molecule has 0 bridgehead atoms. The van der Waals surface area contributed by atoms with Crippen LogP contribution in [-0.4, -0.2) is 29.7 Å². The first-order chi connectivity index (χ1) is 7.11. The molecule has 0 spiro atoms. The summed E-state index contributed by atoms with van der Waals surface area (Å²) in [6.45, 7) is 4.39. The number of nitrogens with one attached hydrogen (secondary N) is 2. The Kier molecular flexibility index (Phi) is 7.40. The molecule has 0 saturated heterocycles. The van der Waals surface area contributed by atoms with Crippen LogP contribution in [0.4, 0.5) is 4.79 Å². The lowest BCUT2D eigenvalue weighted by Gasteiger charge is -2.12. The molecule has 0 heterocycles. The molecule has 1 atom stereocenters. The molecular weight excluding hydrogens is 196 g/mol. The third kappa shape index (κ3) is 6.76. The number of carbonyl (C=O) groups excluding carboxylic acids is 1. The van der Waals surface area contributed by atoms with Crippen molar-refractivity contribution in [1.82, 2.24) is 10.6 Å². The van der Waals surface area contributed by atoms with Gasteiger partial charge in [-0.25, -0.2) is 9.59 Å². The molecule has 5 heteroatoms. The zero-order valence-corrected chi connectivity index (χ0v) is 9.38. The summed E-state index contributed by atoms with van der Waals surface area (Å²) in [5.41, 5.74) is 0. The maximum atomic E-state index is 11.2. The van der Waals surface area contributed by atoms with Gasteiger partial charge in [0.2, 0.25) is 0 Å². The molecule has 0 aliphatic carbocycles. The van der Waals surface area contributed by atoms with E-state index in [1.807, 2.05) is 0 Å². The monoisotopic (exact) mass is 216 g/mol. The van der Waals surface area contributed by atoms with Crippen LogP contribution in [0.15, 0.2) is 0 Å². The number of hydrogen-bond donors (Lipinski definition) is 3. The van der Waals surface area contributed by atoms with Crippen LogP contribution in [0, 0.1) is 0 Å². The van der Waals surface area contributed by atoms with Crippen LogP contribution in [0.3, 0.4) is 0 Å². The van der Waals surface area contributed by atoms with Gasteiger partial charge >= 0.3 is 12.0 Å². The van der Waals surface area contributed by atoms with E-state index in [0.29, 0.717) is 13.0 Å². The van der Waals surface area contributed by atoms with Gasteiger partial charge in [-0.2, -0.15) is 0 Å². The Hall–Kier alpha value is -1.26. The fourth-order valence-corrected chi connectivity index (χ4v) is 1.12. The average molecular weight is 216 g/mol. The molecule has 0 radical (unpaired) electrons. The van der Waals surface area contributed by atoms with Crippen molar-refractivity contribution in [3.63, 3.8) is 0 Å². The molecule has 0 rings (SSSR count). The van der Waals surface area contributed by atoms with Gasteiger partial charge in [-0.15, -0.1) is 0 Å². The number of carboxylic acid groups (broad SMARTS) is 1. The van der Waals surface area contributed by atoms with Crippen molar-refractivity contribution in [2.75, 3.05) is 6.54 Å². The minimum Gasteiger partial charge on any atom is -0.480 e. The molecule has 0 saturated carbocycles. The van der Waals surface area contributed by atoms with Crippen LogP contribution >= 0.6 is 0 Å². The van der Waals surface area contributed by atoms with Crippen LogP contribution < -0.4 is 10.6 Å². The van der Waals surface area contributed by atoms with E-state index in [9.17, 15) is 9.59 Å². The molecule has 3 N–H and O–H groups in total. The van der Waals surface area contributed by atoms with Crippen molar-refractivity contribution < 1.29 is 14.7 Å². The molecule has 0 aliphatic rings. The van der Waals surface area contributed by atoms with E-state index in [1.165, 1.54) is 0 Å². The Morgan fingerprint density at radius 1 is 1.27 bits per heavy atom. The van der Waals surface area contributed by atoms with Crippen molar-refractivity contribution in [3.8, 4) is 0 Å². The average Bonchev–Trinajstić information content (AvgIpc) is 2.20. The van der Waals surface area contributed by atoms with Gasteiger partial charge in [-0.05, 0) is 12.8 Å². The number of urea groups is 1. The van der Waals surface area contributed by atoms with Crippen molar-refractivity contribution in [2.24, 2.45) is 0 Å². The first kappa shape index (κ1) is 13.7. The first-order valence-electron chi connectivity index (χ1n) is 5.39. The van der Waals surface area contributed by atoms with Crippen molar-refractivity contribution >= 4 is 12.0 Å². The largest absolute Gasteiger partial charge is 0.480 e. The van der Waals surface area contributed by atoms with Gasteiger partial charge in [0.25, 0.3) is 0 Å². The summed E-state index contributed by atoms with van der Waals surface area (Å²) >= 11 is 0. The van der Waals surface area contributed by atoms with Crippen LogP contribution in [-0.2, 0) is 4.79 Å². The number of carbonyl (C=O) groups is 2. The summed E-state index contributed by atoms with van der Waals surface area (Å²) in [4.78, 5) is 21.8. The molecule has 15 heavy (non-hydrogen) atoms. The Balaban J connectivity index is 3.67. The molecule has 5 nitrogen and oxygen atoms in total. The number of unbranched alkanes of at least 4 members (excludes halogenated alkanes) is 2. The minimum atomic E-state index is -0.999. The van der Waals surface area contributed by atoms with Gasteiger partial charge in [0.05, 0.1) is 0 Å². The van der Waals surface area contributed by atoms with Crippen molar-refractivity contribution in [3.05, 3.63) is 0 Å². The number of rotatable bonds is 7. The van der Waals surface area contributed by atoms with E-state index in [1.54, 1.807) is 6.92 Å². The second kappa shape index (κ2) is 8.08. The fourth-order valence-electron chi connectivity index (χ4n) is 1.12. The zero-order chi connectivity index (χ0) is 11.7. The van der Waals surface area contributed by atoms with Crippen LogP contribution in [0.5, 0.6) is 0 Å². The highest BCUT2D eigenvalue weighted by Gasteiger charge is 2.16. The standard InChI is InChI=1S/C10H20N2O3/c1-3-5-6-7-11-10(15)12-8(4-2)9(13)14/h8H,3-7H2,1-2H3,(H,13,14)(H2,11,12,15). The second-order valence-corrected chi connectivity index (χ2v) is 3.41. The Morgan fingerprint density at radius 2 is 1.93 bits per heavy atom. The Bertz CT molecular complexity index is 207. The number of hydrogen-bond acceptors (Lipinski definition) is 2. The van der Waals surface area contributed by atoms with E-state index >= 15 is 0 Å². The third-order valence-electron chi connectivity index (χ3n) is 2.08. The molecular formula is C10H20N2O3. The van der Waals surface area contributed by atoms with E-state index in [-0.39, 0.29) is 0 Å². The van der Waals surface area contributed by atoms with E-state index in [4.69, 9.17) is 5.11 Å². The van der Waals surface area contributed by atoms with Gasteiger partial charge in [0.1, 0.15) is 6.04 Å². The van der Waals surface area contributed by atoms with Gasteiger partial charge in [0.15, 0.2) is 0 Å². The number of amides is 2. The number of carboxylic acids is 1. The highest BCUT2D eigenvalue weighted by molar-refractivity contribution is 5.82. The SMILES string of the molecule is CCCCCNC(=O)NC(CC)C(=O)O. The molecule has 1 unspecified atom stereocenters. The second-order valence-electron chi connectivity index (χ2n) is 3.41. The predicted octanol–water partition coefficient (Wildman–Crippen LogP) is 1.34. The lowest BCUT2D eigenvalue weighted by atomic mass is 10.2. The highest BCUT2D eigenvalue weighted by Crippen LogP contribution is 1.92. The molecule has 88 valence electrons. The van der Waals surface area contributed by atoms with E-state index in [0.717, 1.165) is 19.3 Å². The lowest BCUT2D eigenvalue weighted by Crippen LogP contribution is -2.45. The van der Waals surface area contributed by atoms with Crippen LogP contribution in [0.1, 0.15) is 39.5 Å². The van der Waals surface area contributed by atoms with Crippen LogP contribution in [0.2, 0.25) is 0 Å². The summed E-state index contributed by atoms with van der Waals surface area (Å²) in [5, 5.41) is 13.7. The zero-order valence-electron chi connectivity index (χ0n) is 9.38. The summed E-state index contributed by atoms with van der Waals surface area (Å²) in [6, 6.07) is -1.20. The van der Waals surface area contributed by atoms with E-state index in [2.05, 4.69) is 17.6 Å². The summed E-state index contributed by atoms with van der Waals surface area (Å²) < 4.78 is 0. The molecule has 0 aliphatic heterocycles. The molecule has 0 aromatic heterocycles. The van der Waals surface area contributed by atoms with Crippen molar-refractivity contribution in [2.45, 2.75) is 45.6 Å². The molecule has 0 fully saturated rings. The summed E-state index contributed by atoms with van der Waals surface area (Å²) in [7, 11) is 0. The molecule has 0 aromatic rings. The van der Waals surface area contributed by atoms with Gasteiger partial charge in [-0.3, -0.25) is 0 Å². The smallest absolute Gasteiger partial charge is 0.326 e. The predicted molar refractivity (Wildman–Crippen MR) is 57.8 cm³/mol. The van der Waals surface area contributed by atoms with E-state index < -0.39 is 18.0 Å². The van der Waals surface area contributed by atoms with Gasteiger partial charge in [-0.1, -0.05) is 26.7 Å². The fraction of sp³-hybridized carbons (Fsp3) is 0.800. The number of aliphatic carboxylic acids is 1. The lowest BCUT2D eigenvalue weighted by molar-refractivity contribution is -0.139. The highest BCUT2D eigenvalue weighted by atomic mass is 16.4. The Morgan fingerprint density at radius 3 is 2.40 bits per heavy atom. The normalized spacial score (nSPS) is 11.9. The molecule has 2 amide bonds. The topological polar surface area (TPSA) is 78.4 Å². The van der Waals surface area contributed by atoms with Crippen molar-refractivity contribution in [1.29, 1.82) is 0 Å². The minimum absolute atomic E-state index is 0.387.